The van der Waals surface area contributed by atoms with E-state index >= 15 is 0 Å². The molecule has 0 spiro atoms. The molecule has 1 amide bonds. The second-order valence-corrected chi connectivity index (χ2v) is 4.71. The first-order valence-electron chi connectivity index (χ1n) is 6.22. The molecular formula is C15H10ClN3O3. The van der Waals surface area contributed by atoms with Gasteiger partial charge in [0.1, 0.15) is 6.54 Å². The predicted octanol–water partition coefficient (Wildman–Crippen LogP) is 3.42. The fourth-order valence-electron chi connectivity index (χ4n) is 1.90. The van der Waals surface area contributed by atoms with Crippen LogP contribution >= 0.6 is 11.6 Å². The highest BCUT2D eigenvalue weighted by atomic mass is 35.5. The maximum absolute atomic E-state index is 12.6. The van der Waals surface area contributed by atoms with Gasteiger partial charge in [-0.15, -0.1) is 0 Å². The van der Waals surface area contributed by atoms with Crippen LogP contribution in [0, 0.1) is 21.4 Å². The Kier molecular flexibility index (Phi) is 4.71. The molecule has 0 bridgehead atoms. The summed E-state index contributed by atoms with van der Waals surface area (Å²) in [7, 11) is 0. The molecule has 0 saturated heterocycles. The number of amides is 1. The third-order valence-electron chi connectivity index (χ3n) is 2.94. The van der Waals surface area contributed by atoms with Crippen LogP contribution in [-0.4, -0.2) is 17.4 Å². The molecule has 0 saturated carbocycles. The van der Waals surface area contributed by atoms with Crippen LogP contribution in [0.15, 0.2) is 48.5 Å². The molecule has 0 heterocycles. The highest BCUT2D eigenvalue weighted by molar-refractivity contribution is 6.34. The average Bonchev–Trinajstić information content (AvgIpc) is 2.52. The van der Waals surface area contributed by atoms with Gasteiger partial charge in [-0.05, 0) is 18.2 Å². The molecule has 110 valence electrons. The van der Waals surface area contributed by atoms with E-state index in [1.807, 2.05) is 6.07 Å². The van der Waals surface area contributed by atoms with Crippen LogP contribution in [0.1, 0.15) is 10.4 Å². The first-order chi connectivity index (χ1) is 10.5. The Labute approximate surface area is 131 Å². The number of nitro groups is 1. The molecule has 0 fully saturated rings. The summed E-state index contributed by atoms with van der Waals surface area (Å²) >= 11 is 5.97. The summed E-state index contributed by atoms with van der Waals surface area (Å²) in [6, 6.07) is 14.2. The zero-order chi connectivity index (χ0) is 16.1. The van der Waals surface area contributed by atoms with Crippen molar-refractivity contribution in [3.8, 4) is 6.07 Å². The second-order valence-electron chi connectivity index (χ2n) is 4.31. The van der Waals surface area contributed by atoms with E-state index in [4.69, 9.17) is 16.9 Å². The maximum atomic E-state index is 12.6. The van der Waals surface area contributed by atoms with Crippen LogP contribution in [0.5, 0.6) is 0 Å². The smallest absolute Gasteiger partial charge is 0.270 e. The van der Waals surface area contributed by atoms with Gasteiger partial charge in [0, 0.05) is 17.8 Å². The Morgan fingerprint density at radius 2 is 1.95 bits per heavy atom. The van der Waals surface area contributed by atoms with Crippen LogP contribution in [0.25, 0.3) is 0 Å². The molecule has 0 radical (unpaired) electrons. The number of nitrogens with zero attached hydrogens (tertiary/aromatic N) is 3. The van der Waals surface area contributed by atoms with Crippen molar-refractivity contribution in [3.63, 3.8) is 0 Å². The number of non-ortho nitro benzene ring substituents is 1. The topological polar surface area (TPSA) is 87.2 Å². The minimum Gasteiger partial charge on any atom is -0.295 e. The van der Waals surface area contributed by atoms with E-state index in [1.54, 1.807) is 30.3 Å². The maximum Gasteiger partial charge on any atom is 0.270 e. The summed E-state index contributed by atoms with van der Waals surface area (Å²) in [5, 5.41) is 19.6. The third-order valence-corrected chi connectivity index (χ3v) is 3.25. The van der Waals surface area contributed by atoms with Gasteiger partial charge in [-0.3, -0.25) is 19.8 Å². The molecule has 22 heavy (non-hydrogen) atoms. The molecule has 0 aliphatic heterocycles. The molecule has 2 aromatic rings. The second kappa shape index (κ2) is 6.70. The highest BCUT2D eigenvalue weighted by Crippen LogP contribution is 2.25. The van der Waals surface area contributed by atoms with Crippen molar-refractivity contribution in [2.45, 2.75) is 0 Å². The first kappa shape index (κ1) is 15.5. The molecule has 0 unspecified atom stereocenters. The molecule has 7 heteroatoms. The van der Waals surface area contributed by atoms with Crippen LogP contribution in [0.4, 0.5) is 11.4 Å². The van der Waals surface area contributed by atoms with Crippen LogP contribution in [0.2, 0.25) is 5.02 Å². The van der Waals surface area contributed by atoms with E-state index in [-0.39, 0.29) is 22.8 Å². The van der Waals surface area contributed by atoms with Crippen molar-refractivity contribution in [3.05, 3.63) is 69.2 Å². The van der Waals surface area contributed by atoms with Crippen molar-refractivity contribution in [1.29, 1.82) is 5.26 Å². The third kappa shape index (κ3) is 3.22. The number of carbonyl (C=O) groups excluding carboxylic acids is 1. The lowest BCUT2D eigenvalue weighted by molar-refractivity contribution is -0.384. The monoisotopic (exact) mass is 315 g/mol. The van der Waals surface area contributed by atoms with Crippen molar-refractivity contribution in [1.82, 2.24) is 0 Å². The van der Waals surface area contributed by atoms with Crippen LogP contribution in [0.3, 0.4) is 0 Å². The fourth-order valence-corrected chi connectivity index (χ4v) is 2.15. The Balaban J connectivity index is 2.40. The van der Waals surface area contributed by atoms with Gasteiger partial charge >= 0.3 is 0 Å². The number of hydrogen-bond donors (Lipinski definition) is 0. The van der Waals surface area contributed by atoms with Gasteiger partial charge in [0.2, 0.25) is 0 Å². The molecule has 2 aromatic carbocycles. The van der Waals surface area contributed by atoms with Crippen molar-refractivity contribution in [2.24, 2.45) is 0 Å². The summed E-state index contributed by atoms with van der Waals surface area (Å²) in [5.74, 6) is -0.493. The number of para-hydroxylation sites is 1. The van der Waals surface area contributed by atoms with E-state index in [0.717, 1.165) is 6.07 Å². The van der Waals surface area contributed by atoms with Gasteiger partial charge < -0.3 is 0 Å². The molecule has 0 aromatic heterocycles. The van der Waals surface area contributed by atoms with Gasteiger partial charge in [-0.2, -0.15) is 5.26 Å². The van der Waals surface area contributed by atoms with E-state index in [1.165, 1.54) is 17.0 Å². The Bertz CT molecular complexity index is 756. The zero-order valence-electron chi connectivity index (χ0n) is 11.3. The summed E-state index contributed by atoms with van der Waals surface area (Å²) in [5.41, 5.74) is 0.447. The molecule has 6 nitrogen and oxygen atoms in total. The van der Waals surface area contributed by atoms with Gasteiger partial charge in [0.05, 0.1) is 21.6 Å². The minimum absolute atomic E-state index is 0.0296. The summed E-state index contributed by atoms with van der Waals surface area (Å²) in [4.78, 5) is 23.9. The van der Waals surface area contributed by atoms with Gasteiger partial charge in [-0.1, -0.05) is 29.8 Å². The first-order valence-corrected chi connectivity index (χ1v) is 6.60. The largest absolute Gasteiger partial charge is 0.295 e. The molecule has 0 atom stereocenters. The van der Waals surface area contributed by atoms with E-state index in [0.29, 0.717) is 5.69 Å². The fraction of sp³-hybridized carbons (Fsp3) is 0.0667. The number of nitriles is 1. The van der Waals surface area contributed by atoms with Crippen molar-refractivity contribution in [2.75, 3.05) is 11.4 Å². The number of carbonyl (C=O) groups is 1. The lowest BCUT2D eigenvalue weighted by Crippen LogP contribution is -2.31. The standard InChI is InChI=1S/C15H10ClN3O3/c16-14-10-12(19(21)22)6-7-13(14)15(20)18(9-8-17)11-4-2-1-3-5-11/h1-7,10H,9H2. The summed E-state index contributed by atoms with van der Waals surface area (Å²) in [6.45, 7) is -0.157. The Hall–Kier alpha value is -2.91. The van der Waals surface area contributed by atoms with Crippen molar-refractivity contribution >= 4 is 28.9 Å². The van der Waals surface area contributed by atoms with Crippen LogP contribution < -0.4 is 4.90 Å². The number of hydrogen-bond acceptors (Lipinski definition) is 4. The predicted molar refractivity (Wildman–Crippen MR) is 81.8 cm³/mol. The van der Waals surface area contributed by atoms with E-state index in [9.17, 15) is 14.9 Å². The number of rotatable bonds is 4. The molecule has 0 aliphatic rings. The summed E-state index contributed by atoms with van der Waals surface area (Å²) in [6.07, 6.45) is 0. The normalized spacial score (nSPS) is 9.82. The zero-order valence-corrected chi connectivity index (χ0v) is 12.0. The number of benzene rings is 2. The Morgan fingerprint density at radius 1 is 1.27 bits per heavy atom. The van der Waals surface area contributed by atoms with Crippen molar-refractivity contribution < 1.29 is 9.72 Å². The minimum atomic E-state index is -0.593. The molecular weight excluding hydrogens is 306 g/mol. The number of anilines is 1. The quantitative estimate of drug-likeness (QED) is 0.491. The summed E-state index contributed by atoms with van der Waals surface area (Å²) < 4.78 is 0. The van der Waals surface area contributed by atoms with Crippen LogP contribution in [-0.2, 0) is 0 Å². The SMILES string of the molecule is N#CCN(C(=O)c1ccc([N+](=O)[O-])cc1Cl)c1ccccc1. The van der Waals surface area contributed by atoms with E-state index in [2.05, 4.69) is 0 Å². The average molecular weight is 316 g/mol. The molecule has 0 aliphatic carbocycles. The molecule has 0 N–H and O–H groups in total. The Morgan fingerprint density at radius 3 is 2.50 bits per heavy atom. The number of nitro benzene ring substituents is 1. The van der Waals surface area contributed by atoms with Gasteiger partial charge in [-0.25, -0.2) is 0 Å². The lowest BCUT2D eigenvalue weighted by Gasteiger charge is -2.20. The number of halogens is 1. The van der Waals surface area contributed by atoms with Gasteiger partial charge in [0.15, 0.2) is 0 Å². The van der Waals surface area contributed by atoms with E-state index < -0.39 is 10.8 Å². The van der Waals surface area contributed by atoms with Gasteiger partial charge in [0.25, 0.3) is 11.6 Å². The lowest BCUT2D eigenvalue weighted by atomic mass is 10.1. The highest BCUT2D eigenvalue weighted by Gasteiger charge is 2.21. The molecule has 2 rings (SSSR count).